The molecule has 1 aliphatic heterocycles. The molecule has 6 heteroatoms. The fourth-order valence-corrected chi connectivity index (χ4v) is 3.39. The predicted octanol–water partition coefficient (Wildman–Crippen LogP) is 2.81. The van der Waals surface area contributed by atoms with Gasteiger partial charge in [0.2, 0.25) is 5.91 Å². The molecule has 0 atom stereocenters. The number of halogens is 1. The van der Waals surface area contributed by atoms with Crippen LogP contribution in [-0.2, 0) is 4.79 Å². The first-order chi connectivity index (χ1) is 11.4. The molecule has 2 amide bonds. The standard InChI is InChI=1S/C18H20ClN3O2/c1-11-8-12(2)16-14(9-11)10-15(17(19)20-16)18(24)22-6-4-21(5-7-22)13(3)23/h8-10H,4-7H2,1-3H3. The molecule has 5 nitrogen and oxygen atoms in total. The van der Waals surface area contributed by atoms with Crippen molar-refractivity contribution in [2.45, 2.75) is 20.8 Å². The maximum Gasteiger partial charge on any atom is 0.257 e. The number of nitrogens with zero attached hydrogens (tertiary/aromatic N) is 3. The van der Waals surface area contributed by atoms with Crippen LogP contribution in [0.25, 0.3) is 10.9 Å². The lowest BCUT2D eigenvalue weighted by Crippen LogP contribution is -2.50. The van der Waals surface area contributed by atoms with Gasteiger partial charge in [-0.25, -0.2) is 4.98 Å². The summed E-state index contributed by atoms with van der Waals surface area (Å²) in [6.07, 6.45) is 0. The molecule has 0 N–H and O–H groups in total. The molecule has 2 heterocycles. The van der Waals surface area contributed by atoms with Crippen molar-refractivity contribution in [3.05, 3.63) is 40.0 Å². The molecule has 2 aromatic rings. The van der Waals surface area contributed by atoms with Gasteiger partial charge in [-0.3, -0.25) is 9.59 Å². The smallest absolute Gasteiger partial charge is 0.257 e. The first-order valence-corrected chi connectivity index (χ1v) is 8.37. The third-order valence-electron chi connectivity index (χ3n) is 4.45. The molecule has 1 aromatic heterocycles. The molecular formula is C18H20ClN3O2. The summed E-state index contributed by atoms with van der Waals surface area (Å²) < 4.78 is 0. The zero-order valence-corrected chi connectivity index (χ0v) is 14.9. The van der Waals surface area contributed by atoms with E-state index < -0.39 is 0 Å². The normalized spacial score (nSPS) is 15.0. The number of aromatic nitrogens is 1. The second kappa shape index (κ2) is 6.40. The number of fused-ring (bicyclic) bond motifs is 1. The number of benzene rings is 1. The Hall–Kier alpha value is -2.14. The first-order valence-electron chi connectivity index (χ1n) is 7.99. The van der Waals surface area contributed by atoms with Crippen LogP contribution in [0.2, 0.25) is 5.15 Å². The molecule has 24 heavy (non-hydrogen) atoms. The van der Waals surface area contributed by atoms with E-state index in [2.05, 4.69) is 4.98 Å². The molecule has 1 fully saturated rings. The van der Waals surface area contributed by atoms with Gasteiger partial charge in [0.25, 0.3) is 5.91 Å². The number of aryl methyl sites for hydroxylation is 2. The van der Waals surface area contributed by atoms with Crippen LogP contribution in [0, 0.1) is 13.8 Å². The molecule has 0 spiro atoms. The minimum atomic E-state index is -0.128. The molecule has 0 saturated carbocycles. The Kier molecular flexibility index (Phi) is 4.45. The van der Waals surface area contributed by atoms with E-state index in [-0.39, 0.29) is 17.0 Å². The molecular weight excluding hydrogens is 326 g/mol. The Morgan fingerprint density at radius 2 is 1.67 bits per heavy atom. The van der Waals surface area contributed by atoms with Gasteiger partial charge in [-0.1, -0.05) is 23.2 Å². The maximum absolute atomic E-state index is 12.8. The lowest BCUT2D eigenvalue weighted by Gasteiger charge is -2.34. The summed E-state index contributed by atoms with van der Waals surface area (Å²) in [6, 6.07) is 5.88. The molecule has 0 bridgehead atoms. The molecule has 3 rings (SSSR count). The van der Waals surface area contributed by atoms with E-state index in [4.69, 9.17) is 11.6 Å². The lowest BCUT2D eigenvalue weighted by atomic mass is 10.0. The molecule has 1 aliphatic rings. The number of hydrogen-bond acceptors (Lipinski definition) is 3. The molecule has 1 aromatic carbocycles. The van der Waals surface area contributed by atoms with Gasteiger partial charge in [0.15, 0.2) is 0 Å². The van der Waals surface area contributed by atoms with E-state index in [0.29, 0.717) is 31.7 Å². The van der Waals surface area contributed by atoms with Gasteiger partial charge < -0.3 is 9.80 Å². The Morgan fingerprint density at radius 1 is 1.04 bits per heavy atom. The van der Waals surface area contributed by atoms with Crippen LogP contribution in [0.1, 0.15) is 28.4 Å². The second-order valence-electron chi connectivity index (χ2n) is 6.28. The summed E-state index contributed by atoms with van der Waals surface area (Å²) in [5.74, 6) is -0.0878. The first kappa shape index (κ1) is 16.7. The van der Waals surface area contributed by atoms with Crippen LogP contribution in [0.3, 0.4) is 0 Å². The Bertz CT molecular complexity index is 827. The summed E-state index contributed by atoms with van der Waals surface area (Å²) in [7, 11) is 0. The van der Waals surface area contributed by atoms with Crippen LogP contribution in [0.15, 0.2) is 18.2 Å². The average molecular weight is 346 g/mol. The number of amides is 2. The van der Waals surface area contributed by atoms with Crippen LogP contribution in [0.5, 0.6) is 0 Å². The number of carbonyl (C=O) groups is 2. The van der Waals surface area contributed by atoms with Crippen molar-refractivity contribution < 1.29 is 9.59 Å². The summed E-state index contributed by atoms with van der Waals surface area (Å²) >= 11 is 6.29. The molecule has 0 aliphatic carbocycles. The lowest BCUT2D eigenvalue weighted by molar-refractivity contribution is -0.130. The van der Waals surface area contributed by atoms with Crippen LogP contribution >= 0.6 is 11.6 Å². The highest BCUT2D eigenvalue weighted by Crippen LogP contribution is 2.25. The third kappa shape index (κ3) is 3.08. The van der Waals surface area contributed by atoms with Gasteiger partial charge in [-0.05, 0) is 31.5 Å². The molecule has 1 saturated heterocycles. The predicted molar refractivity (Wildman–Crippen MR) is 94.4 cm³/mol. The van der Waals surface area contributed by atoms with Crippen molar-refractivity contribution in [2.24, 2.45) is 0 Å². The van der Waals surface area contributed by atoms with Gasteiger partial charge >= 0.3 is 0 Å². The van der Waals surface area contributed by atoms with Gasteiger partial charge in [-0.2, -0.15) is 0 Å². The highest BCUT2D eigenvalue weighted by molar-refractivity contribution is 6.33. The van der Waals surface area contributed by atoms with Crippen molar-refractivity contribution in [1.82, 2.24) is 14.8 Å². The Morgan fingerprint density at radius 3 is 2.29 bits per heavy atom. The van der Waals surface area contributed by atoms with Crippen LogP contribution in [0.4, 0.5) is 0 Å². The number of rotatable bonds is 1. The van der Waals surface area contributed by atoms with Gasteiger partial charge in [-0.15, -0.1) is 0 Å². The number of hydrogen-bond donors (Lipinski definition) is 0. The SMILES string of the molecule is CC(=O)N1CCN(C(=O)c2cc3cc(C)cc(C)c3nc2Cl)CC1. The molecule has 126 valence electrons. The molecule has 0 radical (unpaired) electrons. The zero-order chi connectivity index (χ0) is 17.4. The number of pyridine rings is 1. The maximum atomic E-state index is 12.8. The van der Waals surface area contributed by atoms with Gasteiger partial charge in [0.1, 0.15) is 5.15 Å². The van der Waals surface area contributed by atoms with E-state index in [9.17, 15) is 9.59 Å². The van der Waals surface area contributed by atoms with E-state index >= 15 is 0 Å². The molecule has 0 unspecified atom stereocenters. The number of carbonyl (C=O) groups excluding carboxylic acids is 2. The van der Waals surface area contributed by atoms with Gasteiger partial charge in [0.05, 0.1) is 11.1 Å². The van der Waals surface area contributed by atoms with E-state index in [1.165, 1.54) is 0 Å². The van der Waals surface area contributed by atoms with Crippen molar-refractivity contribution in [2.75, 3.05) is 26.2 Å². The minimum Gasteiger partial charge on any atom is -0.339 e. The third-order valence-corrected chi connectivity index (χ3v) is 4.74. The van der Waals surface area contributed by atoms with Crippen LogP contribution < -0.4 is 0 Å². The number of piperazine rings is 1. The Balaban J connectivity index is 1.90. The fourth-order valence-electron chi connectivity index (χ4n) is 3.17. The van der Waals surface area contributed by atoms with Crippen molar-refractivity contribution >= 4 is 34.3 Å². The minimum absolute atomic E-state index is 0.0402. The largest absolute Gasteiger partial charge is 0.339 e. The monoisotopic (exact) mass is 345 g/mol. The summed E-state index contributed by atoms with van der Waals surface area (Å²) in [6.45, 7) is 7.69. The van der Waals surface area contributed by atoms with Gasteiger partial charge in [0, 0.05) is 38.5 Å². The van der Waals surface area contributed by atoms with E-state index in [1.807, 2.05) is 32.0 Å². The van der Waals surface area contributed by atoms with Crippen molar-refractivity contribution in [3.63, 3.8) is 0 Å². The highest BCUT2D eigenvalue weighted by atomic mass is 35.5. The zero-order valence-electron chi connectivity index (χ0n) is 14.1. The summed E-state index contributed by atoms with van der Waals surface area (Å²) in [5, 5.41) is 1.15. The van der Waals surface area contributed by atoms with E-state index in [0.717, 1.165) is 22.0 Å². The van der Waals surface area contributed by atoms with Crippen molar-refractivity contribution in [1.29, 1.82) is 0 Å². The average Bonchev–Trinajstić information content (AvgIpc) is 2.54. The van der Waals surface area contributed by atoms with Crippen molar-refractivity contribution in [3.8, 4) is 0 Å². The quantitative estimate of drug-likeness (QED) is 0.747. The topological polar surface area (TPSA) is 53.5 Å². The summed E-state index contributed by atoms with van der Waals surface area (Å²) in [5.41, 5.74) is 3.41. The van der Waals surface area contributed by atoms with Crippen LogP contribution in [-0.4, -0.2) is 52.8 Å². The second-order valence-corrected chi connectivity index (χ2v) is 6.64. The summed E-state index contributed by atoms with van der Waals surface area (Å²) in [4.78, 5) is 32.1. The highest BCUT2D eigenvalue weighted by Gasteiger charge is 2.25. The fraction of sp³-hybridized carbons (Fsp3) is 0.389. The Labute approximate surface area is 146 Å². The van der Waals surface area contributed by atoms with E-state index in [1.54, 1.807) is 16.7 Å².